The molecule has 3 rings (SSSR count). The monoisotopic (exact) mass is 300 g/mol. The lowest BCUT2D eigenvalue weighted by molar-refractivity contribution is 0.103. The van der Waals surface area contributed by atoms with E-state index >= 15 is 0 Å². The third-order valence-electron chi connectivity index (χ3n) is 3.24. The van der Waals surface area contributed by atoms with Crippen LogP contribution in [0.4, 0.5) is 15.8 Å². The Kier molecular flexibility index (Phi) is 3.35. The number of nitrogen functional groups attached to an aromatic ring is 1. The van der Waals surface area contributed by atoms with Gasteiger partial charge in [-0.2, -0.15) is 0 Å². The van der Waals surface area contributed by atoms with E-state index in [0.717, 1.165) is 15.6 Å². The molecule has 1 aromatic heterocycles. The Labute approximate surface area is 125 Å². The van der Waals surface area contributed by atoms with Crippen molar-refractivity contribution in [1.29, 1.82) is 0 Å². The molecular weight excluding hydrogens is 287 g/mol. The molecule has 0 unspecified atom stereocenters. The lowest BCUT2D eigenvalue weighted by Crippen LogP contribution is -2.11. The van der Waals surface area contributed by atoms with Crippen LogP contribution in [-0.2, 0) is 0 Å². The number of rotatable bonds is 2. The summed E-state index contributed by atoms with van der Waals surface area (Å²) in [5.74, 6) is -0.716. The summed E-state index contributed by atoms with van der Waals surface area (Å²) in [6.45, 7) is 1.98. The molecule has 0 aliphatic rings. The molecule has 5 heteroatoms. The van der Waals surface area contributed by atoms with Crippen LogP contribution in [0, 0.1) is 12.7 Å². The van der Waals surface area contributed by atoms with E-state index in [1.165, 1.54) is 23.5 Å². The van der Waals surface area contributed by atoms with Crippen molar-refractivity contribution in [1.82, 2.24) is 0 Å². The van der Waals surface area contributed by atoms with Gasteiger partial charge in [0.25, 0.3) is 5.91 Å². The molecule has 0 aliphatic carbocycles. The molecule has 0 fully saturated rings. The lowest BCUT2D eigenvalue weighted by Gasteiger charge is -2.04. The second-order valence-corrected chi connectivity index (χ2v) is 5.78. The minimum atomic E-state index is -0.395. The van der Waals surface area contributed by atoms with Crippen molar-refractivity contribution in [2.45, 2.75) is 6.92 Å². The molecule has 3 aromatic rings. The van der Waals surface area contributed by atoms with Gasteiger partial charge in [0.15, 0.2) is 0 Å². The quantitative estimate of drug-likeness (QED) is 0.746. The highest BCUT2D eigenvalue weighted by molar-refractivity contribution is 7.21. The molecular formula is C16H13FN2OS. The number of nitrogens with two attached hydrogens (primary N) is 1. The summed E-state index contributed by atoms with van der Waals surface area (Å²) in [4.78, 5) is 12.8. The zero-order chi connectivity index (χ0) is 15.0. The number of halogens is 1. The second kappa shape index (κ2) is 5.18. The summed E-state index contributed by atoms with van der Waals surface area (Å²) in [5.41, 5.74) is 8.02. The minimum absolute atomic E-state index is 0.321. The first-order chi connectivity index (χ1) is 10.1. The number of benzene rings is 2. The van der Waals surface area contributed by atoms with E-state index in [0.29, 0.717) is 16.3 Å². The normalized spacial score (nSPS) is 10.8. The number of carbonyl (C=O) groups excluding carboxylic acids is 1. The predicted octanol–water partition coefficient (Wildman–Crippen LogP) is 4.18. The fourth-order valence-corrected chi connectivity index (χ4v) is 3.29. The molecule has 0 spiro atoms. The van der Waals surface area contributed by atoms with Gasteiger partial charge < -0.3 is 11.1 Å². The van der Waals surface area contributed by atoms with Gasteiger partial charge in [-0.15, -0.1) is 11.3 Å². The van der Waals surface area contributed by atoms with Crippen molar-refractivity contribution in [3.05, 3.63) is 58.7 Å². The number of carbonyl (C=O) groups is 1. The molecule has 3 nitrogen and oxygen atoms in total. The van der Waals surface area contributed by atoms with Crippen molar-refractivity contribution in [3.63, 3.8) is 0 Å². The number of nitrogens with one attached hydrogen (secondary N) is 1. The number of hydrogen-bond donors (Lipinski definition) is 2. The topological polar surface area (TPSA) is 55.1 Å². The van der Waals surface area contributed by atoms with Gasteiger partial charge in [-0.25, -0.2) is 4.39 Å². The van der Waals surface area contributed by atoms with Crippen LogP contribution in [0.5, 0.6) is 0 Å². The van der Waals surface area contributed by atoms with Gasteiger partial charge in [0.05, 0.1) is 5.69 Å². The van der Waals surface area contributed by atoms with Crippen molar-refractivity contribution >= 4 is 38.7 Å². The van der Waals surface area contributed by atoms with Crippen LogP contribution in [0.25, 0.3) is 10.1 Å². The molecule has 0 aliphatic heterocycles. The van der Waals surface area contributed by atoms with Crippen LogP contribution < -0.4 is 11.1 Å². The van der Waals surface area contributed by atoms with Gasteiger partial charge in [0, 0.05) is 15.8 Å². The van der Waals surface area contributed by atoms with Crippen molar-refractivity contribution in [2.24, 2.45) is 0 Å². The molecule has 0 saturated heterocycles. The van der Waals surface area contributed by atoms with Crippen molar-refractivity contribution in [2.75, 3.05) is 11.1 Å². The van der Waals surface area contributed by atoms with Crippen LogP contribution in [0.15, 0.2) is 42.5 Å². The second-order valence-electron chi connectivity index (χ2n) is 4.76. The van der Waals surface area contributed by atoms with Crippen LogP contribution in [0.3, 0.4) is 0 Å². The Balaban J connectivity index is 1.98. The Hall–Kier alpha value is -2.40. The van der Waals surface area contributed by atoms with Gasteiger partial charge in [0.2, 0.25) is 0 Å². The van der Waals surface area contributed by atoms with Crippen LogP contribution in [-0.4, -0.2) is 5.91 Å². The van der Waals surface area contributed by atoms with Gasteiger partial charge in [-0.3, -0.25) is 4.79 Å². The summed E-state index contributed by atoms with van der Waals surface area (Å²) in [6.07, 6.45) is 0. The summed E-state index contributed by atoms with van der Waals surface area (Å²) in [7, 11) is 0. The Morgan fingerprint density at radius 2 is 2.00 bits per heavy atom. The summed E-state index contributed by atoms with van der Waals surface area (Å²) >= 11 is 1.35. The fraction of sp³-hybridized carbons (Fsp3) is 0.0625. The molecule has 106 valence electrons. The number of aryl methyl sites for hydroxylation is 1. The number of fused-ring (bicyclic) bond motifs is 1. The molecule has 21 heavy (non-hydrogen) atoms. The maximum Gasteiger partial charge on any atom is 0.267 e. The maximum absolute atomic E-state index is 13.1. The Bertz CT molecular complexity index is 841. The van der Waals surface area contributed by atoms with Gasteiger partial charge in [-0.1, -0.05) is 24.3 Å². The molecule has 0 atom stereocenters. The first-order valence-electron chi connectivity index (χ1n) is 6.41. The number of amides is 1. The fourth-order valence-electron chi connectivity index (χ4n) is 2.20. The smallest absolute Gasteiger partial charge is 0.267 e. The van der Waals surface area contributed by atoms with E-state index < -0.39 is 5.82 Å². The van der Waals surface area contributed by atoms with E-state index in [1.54, 1.807) is 12.1 Å². The van der Waals surface area contributed by atoms with Gasteiger partial charge in [0.1, 0.15) is 10.7 Å². The van der Waals surface area contributed by atoms with Crippen LogP contribution in [0.1, 0.15) is 15.2 Å². The van der Waals surface area contributed by atoms with Crippen molar-refractivity contribution in [3.8, 4) is 0 Å². The van der Waals surface area contributed by atoms with E-state index in [1.807, 2.05) is 25.1 Å². The zero-order valence-electron chi connectivity index (χ0n) is 11.3. The molecule has 0 bridgehead atoms. The highest BCUT2D eigenvalue weighted by Crippen LogP contribution is 2.35. The summed E-state index contributed by atoms with van der Waals surface area (Å²) in [6, 6.07) is 11.6. The molecule has 3 N–H and O–H groups in total. The van der Waals surface area contributed by atoms with E-state index in [-0.39, 0.29) is 5.91 Å². The number of hydrogen-bond acceptors (Lipinski definition) is 3. The van der Waals surface area contributed by atoms with Crippen LogP contribution in [0.2, 0.25) is 0 Å². The standard InChI is InChI=1S/C16H13FN2OS/c1-9-4-2-7-12-13(18)15(21-14(9)12)16(20)19-11-6-3-5-10(17)8-11/h2-8H,18H2,1H3,(H,19,20). The first-order valence-corrected chi connectivity index (χ1v) is 7.22. The zero-order valence-corrected chi connectivity index (χ0v) is 12.1. The SMILES string of the molecule is Cc1cccc2c(N)c(C(=O)Nc3cccc(F)c3)sc12. The molecule has 2 aromatic carbocycles. The Morgan fingerprint density at radius 1 is 1.24 bits per heavy atom. The molecule has 0 radical (unpaired) electrons. The minimum Gasteiger partial charge on any atom is -0.397 e. The highest BCUT2D eigenvalue weighted by atomic mass is 32.1. The number of anilines is 2. The molecule has 1 amide bonds. The maximum atomic E-state index is 13.1. The summed E-state index contributed by atoms with van der Waals surface area (Å²) < 4.78 is 14.1. The van der Waals surface area contributed by atoms with Gasteiger partial charge in [-0.05, 0) is 30.7 Å². The van der Waals surface area contributed by atoms with E-state index in [4.69, 9.17) is 5.73 Å². The molecule has 0 saturated carbocycles. The highest BCUT2D eigenvalue weighted by Gasteiger charge is 2.17. The van der Waals surface area contributed by atoms with Gasteiger partial charge >= 0.3 is 0 Å². The van der Waals surface area contributed by atoms with Crippen molar-refractivity contribution < 1.29 is 9.18 Å². The third kappa shape index (κ3) is 2.48. The average molecular weight is 300 g/mol. The lowest BCUT2D eigenvalue weighted by atomic mass is 10.1. The third-order valence-corrected chi connectivity index (χ3v) is 4.59. The largest absolute Gasteiger partial charge is 0.397 e. The average Bonchev–Trinajstić information content (AvgIpc) is 2.78. The summed E-state index contributed by atoms with van der Waals surface area (Å²) in [5, 5.41) is 3.55. The first kappa shape index (κ1) is 13.6. The van der Waals surface area contributed by atoms with E-state index in [2.05, 4.69) is 5.32 Å². The predicted molar refractivity (Wildman–Crippen MR) is 85.3 cm³/mol. The Morgan fingerprint density at radius 3 is 2.71 bits per heavy atom. The number of thiophene rings is 1. The van der Waals surface area contributed by atoms with Crippen LogP contribution >= 0.6 is 11.3 Å². The van der Waals surface area contributed by atoms with E-state index in [9.17, 15) is 9.18 Å². The molecule has 1 heterocycles.